The summed E-state index contributed by atoms with van der Waals surface area (Å²) < 4.78 is 15.7. The Hall–Kier alpha value is -1.66. The summed E-state index contributed by atoms with van der Waals surface area (Å²) in [5.74, 6) is 0. The maximum Gasteiger partial charge on any atom is 0.274 e. The fourth-order valence-electron chi connectivity index (χ4n) is 2.42. The highest BCUT2D eigenvalue weighted by molar-refractivity contribution is 5.39. The van der Waals surface area contributed by atoms with E-state index in [-0.39, 0.29) is 25.5 Å². The first-order valence-electron chi connectivity index (χ1n) is 7.68. The molecule has 1 aliphatic heterocycles. The third kappa shape index (κ3) is 4.92. The number of aliphatic hydroxyl groups excluding tert-OH is 4. The van der Waals surface area contributed by atoms with Crippen LogP contribution in [0.3, 0.4) is 0 Å². The molecule has 0 saturated carbocycles. The molecule has 1 fully saturated rings. The van der Waals surface area contributed by atoms with Crippen LogP contribution in [0.5, 0.6) is 0 Å². The lowest BCUT2D eigenvalue weighted by Gasteiger charge is -2.39. The maximum absolute atomic E-state index is 10.9. The Morgan fingerprint density at radius 1 is 1.12 bits per heavy atom. The van der Waals surface area contributed by atoms with Crippen molar-refractivity contribution >= 4 is 5.69 Å². The molecule has 1 saturated heterocycles. The van der Waals surface area contributed by atoms with Crippen molar-refractivity contribution in [3.05, 3.63) is 39.9 Å². The monoisotopic (exact) mass is 359 g/mol. The van der Waals surface area contributed by atoms with Gasteiger partial charge in [-0.1, -0.05) is 12.1 Å². The van der Waals surface area contributed by atoms with Crippen LogP contribution >= 0.6 is 0 Å². The lowest BCUT2D eigenvalue weighted by molar-refractivity contribution is -0.386. The Bertz CT molecular complexity index is 568. The van der Waals surface area contributed by atoms with E-state index >= 15 is 0 Å². The largest absolute Gasteiger partial charge is 0.394 e. The van der Waals surface area contributed by atoms with Crippen molar-refractivity contribution < 1.29 is 39.6 Å². The number of nitro benzene ring substituents is 1. The molecule has 25 heavy (non-hydrogen) atoms. The lowest BCUT2D eigenvalue weighted by atomic mass is 9.99. The van der Waals surface area contributed by atoms with E-state index in [0.29, 0.717) is 5.56 Å². The lowest BCUT2D eigenvalue weighted by Crippen LogP contribution is -2.59. The van der Waals surface area contributed by atoms with Gasteiger partial charge in [-0.05, 0) is 6.07 Å². The smallest absolute Gasteiger partial charge is 0.274 e. The molecule has 0 amide bonds. The van der Waals surface area contributed by atoms with Crippen LogP contribution in [-0.4, -0.2) is 75.9 Å². The van der Waals surface area contributed by atoms with Gasteiger partial charge in [-0.2, -0.15) is 0 Å². The van der Waals surface area contributed by atoms with Crippen LogP contribution in [0, 0.1) is 10.1 Å². The number of ether oxygens (including phenoxy) is 3. The van der Waals surface area contributed by atoms with Crippen molar-refractivity contribution in [1.29, 1.82) is 0 Å². The van der Waals surface area contributed by atoms with Gasteiger partial charge in [-0.3, -0.25) is 10.1 Å². The third-order valence-electron chi connectivity index (χ3n) is 3.80. The van der Waals surface area contributed by atoms with Gasteiger partial charge in [0.2, 0.25) is 0 Å². The van der Waals surface area contributed by atoms with E-state index in [2.05, 4.69) is 0 Å². The molecule has 1 aromatic carbocycles. The van der Waals surface area contributed by atoms with Crippen LogP contribution < -0.4 is 0 Å². The average Bonchev–Trinajstić information content (AvgIpc) is 2.61. The molecule has 4 N–H and O–H groups in total. The Balaban J connectivity index is 1.77. The molecule has 0 aliphatic carbocycles. The minimum Gasteiger partial charge on any atom is -0.394 e. The number of hydrogen-bond donors (Lipinski definition) is 4. The topological polar surface area (TPSA) is 152 Å². The molecule has 1 heterocycles. The van der Waals surface area contributed by atoms with Gasteiger partial charge in [-0.25, -0.2) is 0 Å². The Morgan fingerprint density at radius 2 is 1.84 bits per heavy atom. The van der Waals surface area contributed by atoms with Crippen LogP contribution in [0.2, 0.25) is 0 Å². The number of para-hydroxylation sites is 1. The quantitative estimate of drug-likeness (QED) is 0.258. The molecule has 10 heteroatoms. The van der Waals surface area contributed by atoms with Crippen molar-refractivity contribution in [3.63, 3.8) is 0 Å². The van der Waals surface area contributed by atoms with Crippen LogP contribution in [0.1, 0.15) is 5.56 Å². The number of rotatable bonds is 8. The molecule has 0 aromatic heterocycles. The Morgan fingerprint density at radius 3 is 2.52 bits per heavy atom. The van der Waals surface area contributed by atoms with Gasteiger partial charge < -0.3 is 34.6 Å². The van der Waals surface area contributed by atoms with Crippen molar-refractivity contribution in [2.24, 2.45) is 0 Å². The van der Waals surface area contributed by atoms with Crippen LogP contribution in [0.25, 0.3) is 0 Å². The Kier molecular flexibility index (Phi) is 7.20. The fraction of sp³-hybridized carbons (Fsp3) is 0.600. The average molecular weight is 359 g/mol. The van der Waals surface area contributed by atoms with E-state index in [1.165, 1.54) is 6.07 Å². The minimum atomic E-state index is -1.51. The second kappa shape index (κ2) is 9.15. The molecule has 2 rings (SSSR count). The first-order chi connectivity index (χ1) is 12.0. The standard InChI is InChI=1S/C15H21NO9/c17-7-11-12(18)13(19)14(20)15(25-11)24-6-5-23-8-9-3-1-2-4-10(9)16(21)22/h1-4,11-15,17-20H,5-8H2/t11-,12-,13+,14-,15-/m1/s1. The third-order valence-corrected chi connectivity index (χ3v) is 3.80. The summed E-state index contributed by atoms with van der Waals surface area (Å²) in [6.45, 7) is -0.501. The number of nitrogens with zero attached hydrogens (tertiary/aromatic N) is 1. The van der Waals surface area contributed by atoms with Crippen LogP contribution in [-0.2, 0) is 20.8 Å². The molecular formula is C15H21NO9. The van der Waals surface area contributed by atoms with Gasteiger partial charge in [0.05, 0.1) is 36.9 Å². The normalized spacial score (nSPS) is 29.5. The molecule has 140 valence electrons. The molecule has 5 atom stereocenters. The van der Waals surface area contributed by atoms with E-state index in [4.69, 9.17) is 19.3 Å². The molecule has 1 aliphatic rings. The first kappa shape index (κ1) is 19.7. The zero-order valence-corrected chi connectivity index (χ0v) is 13.3. The summed E-state index contributed by atoms with van der Waals surface area (Å²) in [6, 6.07) is 6.18. The van der Waals surface area contributed by atoms with Crippen molar-refractivity contribution in [2.45, 2.75) is 37.3 Å². The first-order valence-corrected chi connectivity index (χ1v) is 7.68. The summed E-state index contributed by atoms with van der Waals surface area (Å²) in [5, 5.41) is 49.0. The van der Waals surface area contributed by atoms with Gasteiger partial charge in [-0.15, -0.1) is 0 Å². The van der Waals surface area contributed by atoms with Crippen molar-refractivity contribution in [1.82, 2.24) is 0 Å². The van der Waals surface area contributed by atoms with E-state index in [0.717, 1.165) is 0 Å². The summed E-state index contributed by atoms with van der Waals surface area (Å²) in [7, 11) is 0. The highest BCUT2D eigenvalue weighted by Gasteiger charge is 2.43. The van der Waals surface area contributed by atoms with Gasteiger partial charge in [0.1, 0.15) is 24.4 Å². The van der Waals surface area contributed by atoms with E-state index in [9.17, 15) is 25.4 Å². The summed E-state index contributed by atoms with van der Waals surface area (Å²) in [5.41, 5.74) is 0.373. The highest BCUT2D eigenvalue weighted by Crippen LogP contribution is 2.22. The molecular weight excluding hydrogens is 338 g/mol. The van der Waals surface area contributed by atoms with Gasteiger partial charge in [0, 0.05) is 6.07 Å². The zero-order valence-electron chi connectivity index (χ0n) is 13.3. The van der Waals surface area contributed by atoms with E-state index in [1.54, 1.807) is 18.2 Å². The SMILES string of the molecule is O=[N+]([O-])c1ccccc1COCCO[C@@H]1O[C@H](CO)[C@@H](O)[C@H](O)[C@H]1O. The predicted molar refractivity (Wildman–Crippen MR) is 82.5 cm³/mol. The fourth-order valence-corrected chi connectivity index (χ4v) is 2.42. The maximum atomic E-state index is 10.9. The van der Waals surface area contributed by atoms with Gasteiger partial charge in [0.15, 0.2) is 6.29 Å². The zero-order chi connectivity index (χ0) is 18.4. The van der Waals surface area contributed by atoms with Crippen LogP contribution in [0.4, 0.5) is 5.69 Å². The van der Waals surface area contributed by atoms with Crippen LogP contribution in [0.15, 0.2) is 24.3 Å². The van der Waals surface area contributed by atoms with Crippen molar-refractivity contribution in [2.75, 3.05) is 19.8 Å². The summed E-state index contributed by atoms with van der Waals surface area (Å²) in [6.07, 6.45) is -6.71. The summed E-state index contributed by atoms with van der Waals surface area (Å²) in [4.78, 5) is 10.4. The molecule has 1 aromatic rings. The number of hydrogen-bond acceptors (Lipinski definition) is 9. The minimum absolute atomic E-state index is 0.00912. The highest BCUT2D eigenvalue weighted by atomic mass is 16.7. The molecule has 0 unspecified atom stereocenters. The second-order valence-corrected chi connectivity index (χ2v) is 5.51. The van der Waals surface area contributed by atoms with E-state index < -0.39 is 42.2 Å². The van der Waals surface area contributed by atoms with Gasteiger partial charge >= 0.3 is 0 Å². The van der Waals surface area contributed by atoms with Gasteiger partial charge in [0.25, 0.3) is 5.69 Å². The number of benzene rings is 1. The van der Waals surface area contributed by atoms with E-state index in [1.807, 2.05) is 0 Å². The number of aliphatic hydroxyl groups is 4. The summed E-state index contributed by atoms with van der Waals surface area (Å²) >= 11 is 0. The molecule has 10 nitrogen and oxygen atoms in total. The molecule has 0 spiro atoms. The second-order valence-electron chi connectivity index (χ2n) is 5.51. The van der Waals surface area contributed by atoms with Crippen molar-refractivity contribution in [3.8, 4) is 0 Å². The molecule has 0 bridgehead atoms. The molecule has 0 radical (unpaired) electrons. The Labute approximate surface area is 143 Å². The number of nitro groups is 1. The predicted octanol–water partition coefficient (Wildman–Crippen LogP) is -1.07.